The van der Waals surface area contributed by atoms with Gasteiger partial charge in [-0.25, -0.2) is 15.0 Å². The lowest BCUT2D eigenvalue weighted by Crippen LogP contribution is -2.11. The summed E-state index contributed by atoms with van der Waals surface area (Å²) in [6, 6.07) is 0. The van der Waals surface area contributed by atoms with Crippen LogP contribution in [0.5, 0.6) is 0 Å². The van der Waals surface area contributed by atoms with Crippen molar-refractivity contribution < 1.29 is 0 Å². The van der Waals surface area contributed by atoms with Crippen molar-refractivity contribution in [2.24, 2.45) is 0 Å². The van der Waals surface area contributed by atoms with Crippen molar-refractivity contribution in [2.75, 3.05) is 5.75 Å². The highest BCUT2D eigenvalue weighted by atomic mass is 35.5. The molecular formula is C8H9ClN4S. The van der Waals surface area contributed by atoms with Gasteiger partial charge in [-0.1, -0.05) is 0 Å². The van der Waals surface area contributed by atoms with Crippen LogP contribution in [0.25, 0.3) is 11.5 Å². The molecule has 4 nitrogen and oxygen atoms in total. The summed E-state index contributed by atoms with van der Waals surface area (Å²) in [5, 5.41) is 1.22. The third kappa shape index (κ3) is 1.36. The van der Waals surface area contributed by atoms with Crippen LogP contribution < -0.4 is 0 Å². The lowest BCUT2D eigenvalue weighted by atomic mass is 10.4. The SMILES string of the molecule is Cl.c1nc2ncn3c(c-2n1)SCCC3. The summed E-state index contributed by atoms with van der Waals surface area (Å²) in [4.78, 5) is 12.5. The molecule has 3 heterocycles. The van der Waals surface area contributed by atoms with Gasteiger partial charge in [-0.3, -0.25) is 0 Å². The minimum Gasteiger partial charge on any atom is -0.325 e. The van der Waals surface area contributed by atoms with E-state index < -0.39 is 0 Å². The highest BCUT2D eigenvalue weighted by Crippen LogP contribution is 2.32. The molecule has 0 aromatic rings. The van der Waals surface area contributed by atoms with Gasteiger partial charge in [0.1, 0.15) is 17.0 Å². The smallest absolute Gasteiger partial charge is 0.183 e. The zero-order chi connectivity index (χ0) is 8.67. The second-order valence-electron chi connectivity index (χ2n) is 2.99. The number of aromatic nitrogens is 4. The Balaban J connectivity index is 0.000000750. The molecule has 0 saturated carbocycles. The Morgan fingerprint density at radius 2 is 2.21 bits per heavy atom. The fourth-order valence-corrected chi connectivity index (χ4v) is 2.58. The molecule has 0 fully saturated rings. The number of imidazole rings is 1. The summed E-state index contributed by atoms with van der Waals surface area (Å²) < 4.78 is 2.16. The number of thioether (sulfide) groups is 1. The monoisotopic (exact) mass is 228 g/mol. The van der Waals surface area contributed by atoms with Crippen LogP contribution in [0, 0.1) is 0 Å². The topological polar surface area (TPSA) is 43.6 Å². The van der Waals surface area contributed by atoms with Crippen molar-refractivity contribution in [1.82, 2.24) is 19.5 Å². The number of nitrogens with zero attached hydrogens (tertiary/aromatic N) is 4. The molecule has 0 aromatic carbocycles. The van der Waals surface area contributed by atoms with Gasteiger partial charge in [0.25, 0.3) is 0 Å². The van der Waals surface area contributed by atoms with Gasteiger partial charge >= 0.3 is 0 Å². The molecule has 0 spiro atoms. The number of aryl methyl sites for hydroxylation is 1. The number of hydrogen-bond acceptors (Lipinski definition) is 4. The summed E-state index contributed by atoms with van der Waals surface area (Å²) in [5.74, 6) is 1.94. The first-order chi connectivity index (χ1) is 6.45. The van der Waals surface area contributed by atoms with Gasteiger partial charge in [-0.15, -0.1) is 24.2 Å². The fraction of sp³-hybridized carbons (Fsp3) is 0.375. The highest BCUT2D eigenvalue weighted by molar-refractivity contribution is 7.99. The van der Waals surface area contributed by atoms with Gasteiger partial charge in [0.05, 0.1) is 6.33 Å². The molecule has 0 aliphatic carbocycles. The van der Waals surface area contributed by atoms with Crippen LogP contribution in [-0.4, -0.2) is 25.3 Å². The molecule has 3 rings (SSSR count). The molecule has 0 aromatic heterocycles. The number of rotatable bonds is 0. The van der Waals surface area contributed by atoms with Crippen LogP contribution in [-0.2, 0) is 6.54 Å². The van der Waals surface area contributed by atoms with Gasteiger partial charge in [-0.2, -0.15) is 0 Å². The number of halogens is 1. The number of fused-ring (bicyclic) bond motifs is 3. The van der Waals surface area contributed by atoms with Crippen molar-refractivity contribution in [2.45, 2.75) is 18.0 Å². The minimum absolute atomic E-state index is 0. The summed E-state index contributed by atoms with van der Waals surface area (Å²) in [6.45, 7) is 1.05. The molecule has 3 aliphatic heterocycles. The Hall–Kier alpha value is -0.810. The predicted octanol–water partition coefficient (Wildman–Crippen LogP) is 1.70. The van der Waals surface area contributed by atoms with E-state index in [1.165, 1.54) is 17.2 Å². The van der Waals surface area contributed by atoms with Gasteiger partial charge in [0, 0.05) is 12.3 Å². The van der Waals surface area contributed by atoms with E-state index in [1.807, 2.05) is 18.1 Å². The summed E-state index contributed by atoms with van der Waals surface area (Å²) in [6.07, 6.45) is 4.65. The standard InChI is InChI=1S/C8H8N4S.ClH/c1-2-12-5-11-7-6(9-4-10-7)8(12)13-3-1;/h4-5H,1-3H2;1H. The lowest BCUT2D eigenvalue weighted by molar-refractivity contribution is 0.596. The zero-order valence-corrected chi connectivity index (χ0v) is 9.01. The van der Waals surface area contributed by atoms with E-state index in [-0.39, 0.29) is 12.4 Å². The zero-order valence-electron chi connectivity index (χ0n) is 7.38. The molecule has 0 unspecified atom stereocenters. The van der Waals surface area contributed by atoms with Crippen LogP contribution in [0.3, 0.4) is 0 Å². The summed E-state index contributed by atoms with van der Waals surface area (Å²) in [7, 11) is 0. The Bertz CT molecular complexity index is 416. The van der Waals surface area contributed by atoms with Crippen molar-refractivity contribution in [1.29, 1.82) is 0 Å². The predicted molar refractivity (Wildman–Crippen MR) is 57.0 cm³/mol. The first kappa shape index (κ1) is 9.73. The minimum atomic E-state index is 0. The fourth-order valence-electron chi connectivity index (χ4n) is 1.53. The van der Waals surface area contributed by atoms with Crippen molar-refractivity contribution in [3.8, 4) is 11.5 Å². The summed E-state index contributed by atoms with van der Waals surface area (Å²) >= 11 is 1.84. The molecule has 0 N–H and O–H groups in total. The van der Waals surface area contributed by atoms with E-state index >= 15 is 0 Å². The van der Waals surface area contributed by atoms with Gasteiger partial charge in [0.2, 0.25) is 0 Å². The Labute approximate surface area is 91.9 Å². The van der Waals surface area contributed by atoms with Gasteiger partial charge in [-0.05, 0) is 6.42 Å². The molecule has 0 amide bonds. The van der Waals surface area contributed by atoms with Crippen LogP contribution in [0.2, 0.25) is 0 Å². The third-order valence-electron chi connectivity index (χ3n) is 2.14. The molecular weight excluding hydrogens is 220 g/mol. The maximum atomic E-state index is 4.23. The first-order valence-corrected chi connectivity index (χ1v) is 5.22. The average molecular weight is 229 g/mol. The largest absolute Gasteiger partial charge is 0.325 e. The Morgan fingerprint density at radius 1 is 1.29 bits per heavy atom. The van der Waals surface area contributed by atoms with Crippen LogP contribution in [0.15, 0.2) is 17.7 Å². The second kappa shape index (κ2) is 3.74. The molecule has 0 atom stereocenters. The van der Waals surface area contributed by atoms with Crippen LogP contribution in [0.1, 0.15) is 6.42 Å². The molecule has 6 heteroatoms. The van der Waals surface area contributed by atoms with Crippen LogP contribution in [0.4, 0.5) is 0 Å². The molecule has 0 bridgehead atoms. The normalized spacial score (nSPS) is 14.9. The highest BCUT2D eigenvalue weighted by Gasteiger charge is 2.18. The molecule has 0 radical (unpaired) electrons. The molecule has 0 saturated heterocycles. The van der Waals surface area contributed by atoms with E-state index in [9.17, 15) is 0 Å². The van der Waals surface area contributed by atoms with E-state index in [1.54, 1.807) is 6.33 Å². The van der Waals surface area contributed by atoms with Gasteiger partial charge < -0.3 is 4.57 Å². The quantitative estimate of drug-likeness (QED) is 0.644. The maximum absolute atomic E-state index is 4.23. The molecule has 14 heavy (non-hydrogen) atoms. The van der Waals surface area contributed by atoms with Crippen molar-refractivity contribution >= 4 is 24.2 Å². The Kier molecular flexibility index (Phi) is 2.60. The van der Waals surface area contributed by atoms with Crippen LogP contribution >= 0.6 is 24.2 Å². The average Bonchev–Trinajstić information content (AvgIpc) is 2.65. The van der Waals surface area contributed by atoms with Crippen molar-refractivity contribution in [3.05, 3.63) is 12.7 Å². The first-order valence-electron chi connectivity index (χ1n) is 4.24. The Morgan fingerprint density at radius 3 is 3.14 bits per heavy atom. The van der Waals surface area contributed by atoms with Crippen molar-refractivity contribution in [3.63, 3.8) is 0 Å². The second-order valence-corrected chi connectivity index (χ2v) is 4.07. The number of hydrogen-bond donors (Lipinski definition) is 0. The van der Waals surface area contributed by atoms with E-state index in [0.29, 0.717) is 0 Å². The molecule has 74 valence electrons. The third-order valence-corrected chi connectivity index (χ3v) is 3.34. The van der Waals surface area contributed by atoms with Gasteiger partial charge in [0.15, 0.2) is 5.82 Å². The van der Waals surface area contributed by atoms with E-state index in [4.69, 9.17) is 0 Å². The molecule has 3 aliphatic rings. The van der Waals surface area contributed by atoms with E-state index in [2.05, 4.69) is 19.5 Å². The lowest BCUT2D eigenvalue weighted by Gasteiger charge is -2.18. The maximum Gasteiger partial charge on any atom is 0.183 e. The summed E-state index contributed by atoms with van der Waals surface area (Å²) in [5.41, 5.74) is 0.951. The van der Waals surface area contributed by atoms with E-state index in [0.717, 1.165) is 18.1 Å².